The minimum atomic E-state index is 0.620. The van der Waals surface area contributed by atoms with Gasteiger partial charge in [0, 0.05) is 31.9 Å². The second-order valence-electron chi connectivity index (χ2n) is 5.03. The van der Waals surface area contributed by atoms with E-state index in [1.165, 1.54) is 19.4 Å². The van der Waals surface area contributed by atoms with Crippen LogP contribution in [-0.4, -0.2) is 40.4 Å². The first-order chi connectivity index (χ1) is 8.06. The topological polar surface area (TPSA) is 33.1 Å². The highest BCUT2D eigenvalue weighted by Crippen LogP contribution is 2.17. The zero-order valence-electron chi connectivity index (χ0n) is 10.8. The maximum absolute atomic E-state index is 4.43. The van der Waals surface area contributed by atoms with Gasteiger partial charge in [0.05, 0.1) is 10.2 Å². The van der Waals surface area contributed by atoms with Crippen molar-refractivity contribution in [3.63, 3.8) is 0 Å². The molecule has 1 aliphatic rings. The van der Waals surface area contributed by atoms with E-state index in [4.69, 9.17) is 0 Å². The molecule has 0 spiro atoms. The molecule has 0 aliphatic carbocycles. The van der Waals surface area contributed by atoms with Crippen molar-refractivity contribution in [2.45, 2.75) is 38.4 Å². The third-order valence-corrected chi connectivity index (χ3v) is 4.28. The number of rotatable bonds is 3. The second-order valence-corrected chi connectivity index (χ2v) is 5.88. The minimum Gasteiger partial charge on any atom is -0.308 e. The third kappa shape index (κ3) is 3.30. The van der Waals surface area contributed by atoms with E-state index in [0.29, 0.717) is 12.1 Å². The van der Waals surface area contributed by atoms with Crippen LogP contribution >= 0.6 is 15.9 Å². The largest absolute Gasteiger partial charge is 0.308 e. The first kappa shape index (κ1) is 13.1. The summed E-state index contributed by atoms with van der Waals surface area (Å²) in [5, 5.41) is 8.04. The van der Waals surface area contributed by atoms with Gasteiger partial charge in [-0.3, -0.25) is 4.68 Å². The molecule has 1 saturated heterocycles. The van der Waals surface area contributed by atoms with Gasteiger partial charge < -0.3 is 10.2 Å². The van der Waals surface area contributed by atoms with Gasteiger partial charge in [-0.1, -0.05) is 0 Å². The number of aryl methyl sites for hydroxylation is 1. The highest BCUT2D eigenvalue weighted by atomic mass is 79.9. The lowest BCUT2D eigenvalue weighted by Crippen LogP contribution is -2.45. The minimum absolute atomic E-state index is 0.620. The Kier molecular flexibility index (Phi) is 4.22. The molecule has 0 aromatic carbocycles. The predicted molar refractivity (Wildman–Crippen MR) is 72.9 cm³/mol. The molecule has 1 aromatic rings. The number of likely N-dealkylation sites (tertiary alicyclic amines) is 1. The van der Waals surface area contributed by atoms with Crippen LogP contribution in [0.2, 0.25) is 0 Å². The van der Waals surface area contributed by atoms with Crippen LogP contribution in [0.5, 0.6) is 0 Å². The predicted octanol–water partition coefficient (Wildman–Crippen LogP) is 1.75. The van der Waals surface area contributed by atoms with E-state index in [0.717, 1.165) is 16.7 Å². The zero-order valence-corrected chi connectivity index (χ0v) is 12.4. The Hall–Kier alpha value is -0.390. The van der Waals surface area contributed by atoms with Crippen LogP contribution in [0.15, 0.2) is 10.7 Å². The summed E-state index contributed by atoms with van der Waals surface area (Å²) in [5.74, 6) is 0. The van der Waals surface area contributed by atoms with Crippen molar-refractivity contribution in [2.75, 3.05) is 13.6 Å². The summed E-state index contributed by atoms with van der Waals surface area (Å²) in [6.45, 7) is 4.33. The first-order valence-electron chi connectivity index (χ1n) is 6.18. The maximum Gasteiger partial charge on any atom is 0.0904 e. The SMILES string of the molecule is CC1CC(NCc2nn(C)cc2Br)CCN1C. The fraction of sp³-hybridized carbons (Fsp3) is 0.750. The summed E-state index contributed by atoms with van der Waals surface area (Å²) in [5.41, 5.74) is 1.10. The van der Waals surface area contributed by atoms with E-state index in [1.54, 1.807) is 0 Å². The molecule has 1 fully saturated rings. The molecule has 2 atom stereocenters. The number of halogens is 1. The third-order valence-electron chi connectivity index (χ3n) is 3.62. The fourth-order valence-electron chi connectivity index (χ4n) is 2.34. The molecule has 2 unspecified atom stereocenters. The van der Waals surface area contributed by atoms with E-state index < -0.39 is 0 Å². The molecule has 5 heteroatoms. The van der Waals surface area contributed by atoms with Gasteiger partial charge in [0.25, 0.3) is 0 Å². The number of nitrogens with one attached hydrogen (secondary N) is 1. The van der Waals surface area contributed by atoms with Crippen molar-refractivity contribution in [3.8, 4) is 0 Å². The van der Waals surface area contributed by atoms with Crippen LogP contribution in [0.1, 0.15) is 25.5 Å². The van der Waals surface area contributed by atoms with E-state index in [1.807, 2.05) is 17.9 Å². The quantitative estimate of drug-likeness (QED) is 0.923. The molecular formula is C12H21BrN4. The molecule has 0 amide bonds. The molecule has 96 valence electrons. The molecule has 2 rings (SSSR count). The highest BCUT2D eigenvalue weighted by Gasteiger charge is 2.22. The second kappa shape index (κ2) is 5.50. The molecule has 0 saturated carbocycles. The lowest BCUT2D eigenvalue weighted by atomic mass is 9.99. The Bertz CT molecular complexity index is 377. The van der Waals surface area contributed by atoms with Crippen molar-refractivity contribution in [1.29, 1.82) is 0 Å². The first-order valence-corrected chi connectivity index (χ1v) is 6.97. The molecule has 0 radical (unpaired) electrons. The maximum atomic E-state index is 4.43. The van der Waals surface area contributed by atoms with Gasteiger partial charge in [0.2, 0.25) is 0 Å². The molecule has 17 heavy (non-hydrogen) atoms. The van der Waals surface area contributed by atoms with Gasteiger partial charge in [-0.25, -0.2) is 0 Å². The van der Waals surface area contributed by atoms with E-state index in [-0.39, 0.29) is 0 Å². The van der Waals surface area contributed by atoms with E-state index in [2.05, 4.69) is 45.2 Å². The average Bonchev–Trinajstić information content (AvgIpc) is 2.59. The number of piperidine rings is 1. The van der Waals surface area contributed by atoms with Crippen LogP contribution in [0.3, 0.4) is 0 Å². The summed E-state index contributed by atoms with van der Waals surface area (Å²) in [4.78, 5) is 2.43. The van der Waals surface area contributed by atoms with Gasteiger partial charge in [-0.05, 0) is 49.3 Å². The molecule has 2 heterocycles. The number of hydrogen-bond acceptors (Lipinski definition) is 3. The summed E-state index contributed by atoms with van der Waals surface area (Å²) in [7, 11) is 4.15. The van der Waals surface area contributed by atoms with Crippen molar-refractivity contribution >= 4 is 15.9 Å². The summed E-state index contributed by atoms with van der Waals surface area (Å²) < 4.78 is 2.94. The molecule has 4 nitrogen and oxygen atoms in total. The highest BCUT2D eigenvalue weighted by molar-refractivity contribution is 9.10. The van der Waals surface area contributed by atoms with Crippen molar-refractivity contribution in [3.05, 3.63) is 16.4 Å². The van der Waals surface area contributed by atoms with Gasteiger partial charge >= 0.3 is 0 Å². The van der Waals surface area contributed by atoms with Crippen molar-refractivity contribution in [1.82, 2.24) is 20.0 Å². The molecule has 0 bridgehead atoms. The Labute approximate surface area is 111 Å². The normalized spacial score (nSPS) is 26.4. The van der Waals surface area contributed by atoms with E-state index >= 15 is 0 Å². The molecule has 1 N–H and O–H groups in total. The Morgan fingerprint density at radius 2 is 2.29 bits per heavy atom. The van der Waals surface area contributed by atoms with Crippen molar-refractivity contribution < 1.29 is 0 Å². The van der Waals surface area contributed by atoms with Crippen LogP contribution in [0.25, 0.3) is 0 Å². The van der Waals surface area contributed by atoms with Crippen LogP contribution in [-0.2, 0) is 13.6 Å². The lowest BCUT2D eigenvalue weighted by molar-refractivity contribution is 0.168. The summed E-state index contributed by atoms with van der Waals surface area (Å²) in [6, 6.07) is 1.29. The monoisotopic (exact) mass is 300 g/mol. The van der Waals surface area contributed by atoms with Crippen LogP contribution < -0.4 is 5.32 Å². The summed E-state index contributed by atoms with van der Waals surface area (Å²) >= 11 is 3.53. The summed E-state index contributed by atoms with van der Waals surface area (Å²) in [6.07, 6.45) is 4.44. The number of nitrogens with zero attached hydrogens (tertiary/aromatic N) is 3. The van der Waals surface area contributed by atoms with E-state index in [9.17, 15) is 0 Å². The Morgan fingerprint density at radius 1 is 1.53 bits per heavy atom. The Morgan fingerprint density at radius 3 is 2.88 bits per heavy atom. The molecule has 1 aromatic heterocycles. The Balaban J connectivity index is 1.84. The van der Waals surface area contributed by atoms with Gasteiger partial charge in [-0.15, -0.1) is 0 Å². The van der Waals surface area contributed by atoms with Gasteiger partial charge in [0.1, 0.15) is 0 Å². The smallest absolute Gasteiger partial charge is 0.0904 e. The number of aromatic nitrogens is 2. The zero-order chi connectivity index (χ0) is 12.4. The number of hydrogen-bond donors (Lipinski definition) is 1. The molecular weight excluding hydrogens is 280 g/mol. The fourth-order valence-corrected chi connectivity index (χ4v) is 2.86. The van der Waals surface area contributed by atoms with Crippen LogP contribution in [0.4, 0.5) is 0 Å². The lowest BCUT2D eigenvalue weighted by Gasteiger charge is -2.35. The standard InChI is InChI=1S/C12H21BrN4/c1-9-6-10(4-5-16(9)2)14-7-12-11(13)8-17(3)15-12/h8-10,14H,4-7H2,1-3H3. The van der Waals surface area contributed by atoms with Gasteiger partial charge in [0.15, 0.2) is 0 Å². The van der Waals surface area contributed by atoms with Crippen LogP contribution in [0, 0.1) is 0 Å². The van der Waals surface area contributed by atoms with Crippen molar-refractivity contribution in [2.24, 2.45) is 7.05 Å². The average molecular weight is 301 g/mol. The van der Waals surface area contributed by atoms with Gasteiger partial charge in [-0.2, -0.15) is 5.10 Å². The molecule has 1 aliphatic heterocycles.